The number of nitro benzene ring substituents is 1. The Hall–Kier alpha value is -2.70. The number of pyridine rings is 1. The zero-order valence-corrected chi connectivity index (χ0v) is 16.3. The third-order valence-corrected chi connectivity index (χ3v) is 6.00. The fraction of sp³-hybridized carbons (Fsp3) is 0.524. The molecule has 0 saturated carbocycles. The first-order chi connectivity index (χ1) is 13.5. The summed E-state index contributed by atoms with van der Waals surface area (Å²) in [6.45, 7) is 5.43. The minimum Gasteiger partial charge on any atom is -0.371 e. The van der Waals surface area contributed by atoms with E-state index in [0.29, 0.717) is 23.8 Å². The minimum absolute atomic E-state index is 0.0496. The number of para-hydroxylation sites is 1. The molecule has 0 atom stereocenters. The van der Waals surface area contributed by atoms with Crippen molar-refractivity contribution >= 4 is 28.2 Å². The molecule has 4 rings (SSSR count). The molecule has 2 saturated heterocycles. The number of non-ortho nitro benzene ring substituents is 1. The van der Waals surface area contributed by atoms with Gasteiger partial charge in [-0.1, -0.05) is 12.1 Å². The van der Waals surface area contributed by atoms with Crippen LogP contribution in [-0.4, -0.2) is 46.9 Å². The number of hydrogen-bond donors (Lipinski definition) is 0. The fourth-order valence-corrected chi connectivity index (χ4v) is 4.47. The highest BCUT2D eigenvalue weighted by Crippen LogP contribution is 2.34. The highest BCUT2D eigenvalue weighted by atomic mass is 16.6. The molecule has 2 aliphatic heterocycles. The van der Waals surface area contributed by atoms with E-state index in [1.165, 1.54) is 6.07 Å². The molecule has 0 radical (unpaired) electrons. The molecule has 0 N–H and O–H groups in total. The average Bonchev–Trinajstić information content (AvgIpc) is 3.22. The van der Waals surface area contributed by atoms with Crippen molar-refractivity contribution in [2.75, 3.05) is 31.1 Å². The smallest absolute Gasteiger partial charge is 0.295 e. The minimum atomic E-state index is -0.366. The highest BCUT2D eigenvalue weighted by molar-refractivity contribution is 5.97. The van der Waals surface area contributed by atoms with Crippen molar-refractivity contribution in [1.29, 1.82) is 0 Å². The van der Waals surface area contributed by atoms with Crippen LogP contribution in [0.25, 0.3) is 10.9 Å². The summed E-state index contributed by atoms with van der Waals surface area (Å²) in [4.78, 5) is 32.2. The van der Waals surface area contributed by atoms with E-state index in [1.807, 2.05) is 24.0 Å². The maximum Gasteiger partial charge on any atom is 0.295 e. The van der Waals surface area contributed by atoms with Crippen LogP contribution in [0.15, 0.2) is 24.3 Å². The maximum absolute atomic E-state index is 12.4. The summed E-state index contributed by atoms with van der Waals surface area (Å²) in [6.07, 6.45) is 4.85. The number of piperidine rings is 1. The SMILES string of the molecule is Cc1cc(N2CCC(CC(=O)N3CCCC3)CC2)c2cccc([N+](=O)[O-])c2n1. The van der Waals surface area contributed by atoms with Crippen molar-refractivity contribution in [3.63, 3.8) is 0 Å². The van der Waals surface area contributed by atoms with Crippen molar-refractivity contribution in [2.45, 2.75) is 39.0 Å². The molecule has 2 aromatic rings. The van der Waals surface area contributed by atoms with Crippen molar-refractivity contribution in [1.82, 2.24) is 9.88 Å². The van der Waals surface area contributed by atoms with Crippen LogP contribution in [0, 0.1) is 23.0 Å². The number of likely N-dealkylation sites (tertiary alicyclic amines) is 1. The zero-order chi connectivity index (χ0) is 19.7. The summed E-state index contributed by atoms with van der Waals surface area (Å²) in [5, 5.41) is 12.2. The summed E-state index contributed by atoms with van der Waals surface area (Å²) >= 11 is 0. The number of rotatable bonds is 4. The number of aromatic nitrogens is 1. The number of anilines is 1. The molecule has 0 bridgehead atoms. The number of hydrogen-bond acceptors (Lipinski definition) is 5. The molecule has 148 valence electrons. The van der Waals surface area contributed by atoms with E-state index < -0.39 is 0 Å². The monoisotopic (exact) mass is 382 g/mol. The van der Waals surface area contributed by atoms with Crippen LogP contribution in [0.1, 0.15) is 37.8 Å². The summed E-state index contributed by atoms with van der Waals surface area (Å²) in [7, 11) is 0. The number of fused-ring (bicyclic) bond motifs is 1. The van der Waals surface area contributed by atoms with E-state index >= 15 is 0 Å². The second-order valence-corrected chi connectivity index (χ2v) is 7.94. The molecule has 7 nitrogen and oxygen atoms in total. The first-order valence-corrected chi connectivity index (χ1v) is 10.1. The lowest BCUT2D eigenvalue weighted by atomic mass is 9.92. The van der Waals surface area contributed by atoms with Crippen molar-refractivity contribution in [2.24, 2.45) is 5.92 Å². The molecular formula is C21H26N4O3. The Kier molecular flexibility index (Phi) is 5.15. The van der Waals surface area contributed by atoms with Gasteiger partial charge >= 0.3 is 0 Å². The normalized spacial score (nSPS) is 18.0. The summed E-state index contributed by atoms with van der Waals surface area (Å²) in [6, 6.07) is 7.16. The van der Waals surface area contributed by atoms with Gasteiger partial charge in [-0.25, -0.2) is 4.98 Å². The highest BCUT2D eigenvalue weighted by Gasteiger charge is 2.27. The van der Waals surface area contributed by atoms with Crippen LogP contribution >= 0.6 is 0 Å². The van der Waals surface area contributed by atoms with Gasteiger partial charge in [-0.2, -0.15) is 0 Å². The molecule has 2 aliphatic rings. The zero-order valence-electron chi connectivity index (χ0n) is 16.3. The molecular weight excluding hydrogens is 356 g/mol. The summed E-state index contributed by atoms with van der Waals surface area (Å²) < 4.78 is 0. The Morgan fingerprint density at radius 3 is 2.61 bits per heavy atom. The number of nitrogens with zero attached hydrogens (tertiary/aromatic N) is 4. The van der Waals surface area contributed by atoms with E-state index in [2.05, 4.69) is 9.88 Å². The number of amides is 1. The van der Waals surface area contributed by atoms with E-state index in [9.17, 15) is 14.9 Å². The van der Waals surface area contributed by atoms with Crippen LogP contribution in [0.5, 0.6) is 0 Å². The van der Waals surface area contributed by atoms with Gasteiger partial charge < -0.3 is 9.80 Å². The Morgan fingerprint density at radius 2 is 1.93 bits per heavy atom. The van der Waals surface area contributed by atoms with Gasteiger partial charge in [0, 0.05) is 55.4 Å². The Labute approximate surface area is 164 Å². The first kappa shape index (κ1) is 18.7. The van der Waals surface area contributed by atoms with Crippen molar-refractivity contribution in [3.8, 4) is 0 Å². The van der Waals surface area contributed by atoms with Crippen LogP contribution in [-0.2, 0) is 4.79 Å². The molecule has 3 heterocycles. The average molecular weight is 382 g/mol. The van der Waals surface area contributed by atoms with E-state index in [-0.39, 0.29) is 10.6 Å². The van der Waals surface area contributed by atoms with Gasteiger partial charge in [-0.05, 0) is 44.6 Å². The first-order valence-electron chi connectivity index (χ1n) is 10.1. The van der Waals surface area contributed by atoms with E-state index in [4.69, 9.17) is 0 Å². The lowest BCUT2D eigenvalue weighted by Gasteiger charge is -2.34. The summed E-state index contributed by atoms with van der Waals surface area (Å²) in [5.41, 5.74) is 2.29. The molecule has 1 aromatic heterocycles. The molecule has 1 amide bonds. The predicted octanol–water partition coefficient (Wildman–Crippen LogP) is 3.68. The Bertz CT molecular complexity index is 900. The van der Waals surface area contributed by atoms with Crippen molar-refractivity contribution < 1.29 is 9.72 Å². The molecule has 0 unspecified atom stereocenters. The van der Waals surface area contributed by atoms with Gasteiger partial charge in [0.2, 0.25) is 5.91 Å². The van der Waals surface area contributed by atoms with Crippen LogP contribution in [0.4, 0.5) is 11.4 Å². The standard InChI is InChI=1S/C21H26N4O3/c1-15-13-19(17-5-4-6-18(25(27)28)21(17)22-15)23-11-7-16(8-12-23)14-20(26)24-9-2-3-10-24/h4-6,13,16H,2-3,7-12,14H2,1H3. The van der Waals surface area contributed by atoms with Crippen LogP contribution in [0.3, 0.4) is 0 Å². The predicted molar refractivity (Wildman–Crippen MR) is 109 cm³/mol. The third-order valence-electron chi connectivity index (χ3n) is 6.00. The van der Waals surface area contributed by atoms with Gasteiger partial charge in [-0.3, -0.25) is 14.9 Å². The Morgan fingerprint density at radius 1 is 1.21 bits per heavy atom. The summed E-state index contributed by atoms with van der Waals surface area (Å²) in [5.74, 6) is 0.727. The number of benzene rings is 1. The van der Waals surface area contributed by atoms with Gasteiger partial charge in [0.25, 0.3) is 5.69 Å². The molecule has 28 heavy (non-hydrogen) atoms. The molecule has 1 aromatic carbocycles. The Balaban J connectivity index is 1.50. The second-order valence-electron chi connectivity index (χ2n) is 7.94. The molecule has 0 aliphatic carbocycles. The second kappa shape index (κ2) is 7.73. The quantitative estimate of drug-likeness (QED) is 0.595. The van der Waals surface area contributed by atoms with Gasteiger partial charge in [0.15, 0.2) is 5.52 Å². The van der Waals surface area contributed by atoms with Crippen molar-refractivity contribution in [3.05, 3.63) is 40.1 Å². The van der Waals surface area contributed by atoms with E-state index in [0.717, 1.165) is 68.6 Å². The lowest BCUT2D eigenvalue weighted by molar-refractivity contribution is -0.383. The number of carbonyl (C=O) groups is 1. The largest absolute Gasteiger partial charge is 0.371 e. The van der Waals surface area contributed by atoms with Gasteiger partial charge in [-0.15, -0.1) is 0 Å². The number of carbonyl (C=O) groups excluding carboxylic acids is 1. The third kappa shape index (κ3) is 3.66. The molecule has 7 heteroatoms. The fourth-order valence-electron chi connectivity index (χ4n) is 4.47. The van der Waals surface area contributed by atoms with Crippen LogP contribution < -0.4 is 4.90 Å². The molecule has 0 spiro atoms. The topological polar surface area (TPSA) is 79.6 Å². The lowest BCUT2D eigenvalue weighted by Crippen LogP contribution is -2.36. The number of nitro groups is 1. The van der Waals surface area contributed by atoms with Crippen LogP contribution in [0.2, 0.25) is 0 Å². The maximum atomic E-state index is 12.4. The van der Waals surface area contributed by atoms with E-state index in [1.54, 1.807) is 6.07 Å². The van der Waals surface area contributed by atoms with Gasteiger partial charge in [0.05, 0.1) is 4.92 Å². The molecule has 2 fully saturated rings. The van der Waals surface area contributed by atoms with Gasteiger partial charge in [0.1, 0.15) is 0 Å². The number of aryl methyl sites for hydroxylation is 1.